The summed E-state index contributed by atoms with van der Waals surface area (Å²) in [4.78, 5) is 79.1. The van der Waals surface area contributed by atoms with Gasteiger partial charge in [0.25, 0.3) is 18.3 Å². The molecule has 6 aromatic rings. The predicted octanol–water partition coefficient (Wildman–Crippen LogP) is 4.59. The molecule has 4 heterocycles. The molecule has 0 radical (unpaired) electrons. The number of amides is 2. The SMILES string of the molecule is CCOC(=O)C(C)(C)Sc1cnc(NC(=O)c2nc(Cl)ccc2F)s1.CCOC(=O)C(C)(C)Sc1cnc(NC(=O)c2nc(Cl)ccc2Sc2ccc(OC)cc2)s1.COc1ccc(S)cc1.O=CO[O-].[H-].[K+].[K+]. The van der Waals surface area contributed by atoms with Crippen molar-refractivity contribution in [2.24, 2.45) is 0 Å². The molecule has 0 spiro atoms. The monoisotopic (exact) mass is 1210 g/mol. The van der Waals surface area contributed by atoms with Crippen LogP contribution >= 0.6 is 93.8 Å². The first-order valence-corrected chi connectivity index (χ1v) is 25.6. The van der Waals surface area contributed by atoms with Crippen LogP contribution in [0.1, 0.15) is 63.9 Å². The molecule has 6 rings (SSSR count). The number of rotatable bonds is 17. The normalized spacial score (nSPS) is 10.3. The topological polar surface area (TPSA) is 230 Å². The Kier molecular flexibility index (Phi) is 33.6. The minimum atomic E-state index is -0.801. The summed E-state index contributed by atoms with van der Waals surface area (Å²) in [6.07, 6.45) is 3.14. The molecule has 2 amide bonds. The number of nitrogens with zero attached hydrogens (tertiary/aromatic N) is 4. The molecule has 0 aliphatic heterocycles. The van der Waals surface area contributed by atoms with Crippen molar-refractivity contribution in [3.05, 3.63) is 113 Å². The second kappa shape index (κ2) is 35.5. The van der Waals surface area contributed by atoms with Crippen LogP contribution in [0.5, 0.6) is 11.5 Å². The van der Waals surface area contributed by atoms with Crippen LogP contribution in [0.3, 0.4) is 0 Å². The van der Waals surface area contributed by atoms with Crippen LogP contribution in [0.4, 0.5) is 14.7 Å². The summed E-state index contributed by atoms with van der Waals surface area (Å²) in [5.41, 5.74) is -0.219. The zero-order valence-corrected chi connectivity index (χ0v) is 53.7. The molecule has 382 valence electrons. The number of benzene rings is 2. The van der Waals surface area contributed by atoms with Crippen molar-refractivity contribution >= 4 is 134 Å². The number of thioether (sulfide) groups is 2. The Morgan fingerprint density at radius 2 is 1.14 bits per heavy atom. The largest absolute Gasteiger partial charge is 1.00 e. The number of anilines is 2. The van der Waals surface area contributed by atoms with E-state index in [0.29, 0.717) is 27.4 Å². The number of nitrogens with one attached hydrogen (secondary N) is 2. The summed E-state index contributed by atoms with van der Waals surface area (Å²) in [6, 6.07) is 20.7. The number of carbonyl (C=O) groups is 5. The fourth-order valence-electron chi connectivity index (χ4n) is 4.84. The Hall–Kier alpha value is -1.91. The van der Waals surface area contributed by atoms with E-state index in [1.807, 2.05) is 48.5 Å². The first kappa shape index (κ1) is 69.1. The van der Waals surface area contributed by atoms with E-state index in [9.17, 15) is 23.6 Å². The average Bonchev–Trinajstić information content (AvgIpc) is 3.98. The minimum absolute atomic E-state index is 0. The Morgan fingerprint density at radius 1 is 0.726 bits per heavy atom. The molecule has 4 aromatic heterocycles. The second-order valence-electron chi connectivity index (χ2n) is 14.2. The van der Waals surface area contributed by atoms with Crippen LogP contribution in [-0.4, -0.2) is 87.1 Å². The van der Waals surface area contributed by atoms with Crippen molar-refractivity contribution in [2.45, 2.75) is 74.1 Å². The third kappa shape index (κ3) is 24.5. The molecule has 0 fully saturated rings. The van der Waals surface area contributed by atoms with Gasteiger partial charge in [0.1, 0.15) is 37.0 Å². The maximum atomic E-state index is 13.7. The summed E-state index contributed by atoms with van der Waals surface area (Å²) in [5, 5.41) is 14.5. The van der Waals surface area contributed by atoms with Gasteiger partial charge < -0.3 is 30.5 Å². The fraction of sp³-hybridized carbons (Fsp3) is 0.267. The molecule has 17 nitrogen and oxygen atoms in total. The number of halogens is 3. The van der Waals surface area contributed by atoms with E-state index in [4.69, 9.17) is 52.2 Å². The van der Waals surface area contributed by atoms with Gasteiger partial charge in [0.15, 0.2) is 21.8 Å². The number of hydrogen-bond donors (Lipinski definition) is 3. The van der Waals surface area contributed by atoms with Crippen molar-refractivity contribution in [3.8, 4) is 11.5 Å². The van der Waals surface area contributed by atoms with Crippen LogP contribution in [0.25, 0.3) is 0 Å². The zero-order valence-electron chi connectivity index (χ0n) is 42.0. The number of thiol groups is 1. The number of esters is 2. The summed E-state index contributed by atoms with van der Waals surface area (Å²) < 4.78 is 33.8. The quantitative estimate of drug-likeness (QED) is 0.0166. The Morgan fingerprint density at radius 3 is 1.56 bits per heavy atom. The fourth-order valence-corrected chi connectivity index (χ4v) is 10.8. The van der Waals surface area contributed by atoms with Gasteiger partial charge in [-0.2, -0.15) is 0 Å². The van der Waals surface area contributed by atoms with Crippen molar-refractivity contribution < 1.29 is 162 Å². The molecule has 0 bridgehead atoms. The first-order chi connectivity index (χ1) is 33.7. The molecule has 0 saturated carbocycles. The van der Waals surface area contributed by atoms with Gasteiger partial charge in [-0.25, -0.2) is 24.3 Å². The van der Waals surface area contributed by atoms with Crippen molar-refractivity contribution in [1.29, 1.82) is 0 Å². The molecule has 2 N–H and O–H groups in total. The molecule has 0 aliphatic carbocycles. The third-order valence-corrected chi connectivity index (χ3v) is 14.3. The molecule has 28 heteroatoms. The van der Waals surface area contributed by atoms with Gasteiger partial charge in [-0.05, 0) is 114 Å². The van der Waals surface area contributed by atoms with Gasteiger partial charge in [0.05, 0.1) is 48.2 Å². The van der Waals surface area contributed by atoms with Crippen LogP contribution in [0, 0.1) is 5.82 Å². The van der Waals surface area contributed by atoms with E-state index in [1.54, 1.807) is 74.1 Å². The molecule has 0 atom stereocenters. The summed E-state index contributed by atoms with van der Waals surface area (Å²) in [7, 11) is 3.25. The van der Waals surface area contributed by atoms with E-state index in [0.717, 1.165) is 42.9 Å². The van der Waals surface area contributed by atoms with Gasteiger partial charge in [-0.1, -0.05) is 81.2 Å². The van der Waals surface area contributed by atoms with Gasteiger partial charge in [-0.15, -0.1) is 12.6 Å². The zero-order chi connectivity index (χ0) is 52.7. The predicted molar refractivity (Wildman–Crippen MR) is 277 cm³/mol. The van der Waals surface area contributed by atoms with Crippen molar-refractivity contribution in [2.75, 3.05) is 38.1 Å². The number of methoxy groups -OCH3 is 2. The van der Waals surface area contributed by atoms with Crippen molar-refractivity contribution in [3.63, 3.8) is 0 Å². The maximum absolute atomic E-state index is 13.7. The third-order valence-electron chi connectivity index (χ3n) is 8.12. The molecular formula is C45H47Cl2FK2N6O11S6. The van der Waals surface area contributed by atoms with Crippen LogP contribution in [0.15, 0.2) is 108 Å². The van der Waals surface area contributed by atoms with E-state index in [1.165, 1.54) is 58.9 Å². The van der Waals surface area contributed by atoms with Crippen molar-refractivity contribution in [1.82, 2.24) is 19.9 Å². The minimum Gasteiger partial charge on any atom is -1.00 e. The van der Waals surface area contributed by atoms with Crippen LogP contribution in [-0.2, 0) is 28.7 Å². The van der Waals surface area contributed by atoms with Gasteiger partial charge in [0.2, 0.25) is 0 Å². The Bertz CT molecular complexity index is 2720. The number of pyridine rings is 2. The number of thiazole rings is 2. The molecule has 2 aromatic carbocycles. The van der Waals surface area contributed by atoms with Crippen LogP contribution in [0.2, 0.25) is 10.3 Å². The molecule has 0 aliphatic rings. The number of carbonyl (C=O) groups excluding carboxylic acids is 5. The molecular weight excluding hydrogens is 1160 g/mol. The molecule has 0 unspecified atom stereocenters. The maximum Gasteiger partial charge on any atom is 1.00 e. The Labute approximate surface area is 544 Å². The number of hydrogen-bond acceptors (Lipinski definition) is 21. The van der Waals surface area contributed by atoms with Crippen LogP contribution < -0.4 is 128 Å². The van der Waals surface area contributed by atoms with Gasteiger partial charge in [-0.3, -0.25) is 34.6 Å². The molecule has 0 saturated heterocycles. The van der Waals surface area contributed by atoms with Gasteiger partial charge in [0, 0.05) is 14.7 Å². The summed E-state index contributed by atoms with van der Waals surface area (Å²) in [6.45, 7) is 11.0. The summed E-state index contributed by atoms with van der Waals surface area (Å²) >= 11 is 22.3. The van der Waals surface area contributed by atoms with E-state index in [-0.39, 0.29) is 144 Å². The van der Waals surface area contributed by atoms with E-state index < -0.39 is 32.8 Å². The molecule has 73 heavy (non-hydrogen) atoms. The first-order valence-electron chi connectivity index (χ1n) is 20.3. The second-order valence-corrected chi connectivity index (χ2v) is 22.5. The van der Waals surface area contributed by atoms with E-state index >= 15 is 0 Å². The van der Waals surface area contributed by atoms with Gasteiger partial charge >= 0.3 is 115 Å². The number of aromatic nitrogens is 4. The average molecular weight is 1210 g/mol. The standard InChI is InChI=1S/C22H22ClN3O4S3.C15H15ClFN3O3S2.C7H8OS.CH2O3.2K.H/c1-5-30-20(28)22(2,3)33-17-12-24-21(32-17)26-19(27)18-15(10-11-16(23)25-18)31-14-8-6-13(29-4)7-9-14;1-4-23-13(22)15(2,3)25-10-7-18-14(24-10)20-12(21)11-8(17)5-6-9(16)19-11;1-8-6-2-4-7(9)5-3-6;2-1-4-3;;;/h6-12H,5H2,1-4H3,(H,24,26,27);5-7H,4H2,1-3H3,(H,18,20,21);2-5,9H,1H3;1,3H;;;/q;;;;2*+1;-1/p-1. The Balaban J connectivity index is 0.00000114. The number of ether oxygens (including phenoxy) is 4. The summed E-state index contributed by atoms with van der Waals surface area (Å²) in [5.74, 6) is -1.000. The van der Waals surface area contributed by atoms with E-state index in [2.05, 4.69) is 48.1 Å². The smallest absolute Gasteiger partial charge is 1.00 e.